The van der Waals surface area contributed by atoms with Crippen molar-refractivity contribution in [3.8, 4) is 0 Å². The minimum atomic E-state index is -0.0330. The van der Waals surface area contributed by atoms with Gasteiger partial charge in [-0.3, -0.25) is 0 Å². The van der Waals surface area contributed by atoms with E-state index >= 15 is 0 Å². The first-order chi connectivity index (χ1) is 6.16. The van der Waals surface area contributed by atoms with Crippen LogP contribution in [0.1, 0.15) is 24.8 Å². The number of rotatable bonds is 4. The van der Waals surface area contributed by atoms with Crippen molar-refractivity contribution in [2.75, 3.05) is 6.61 Å². The maximum atomic E-state index is 6.03. The van der Waals surface area contributed by atoms with Crippen molar-refractivity contribution in [1.29, 1.82) is 0 Å². The quantitative estimate of drug-likeness (QED) is 0.907. The van der Waals surface area contributed by atoms with Crippen molar-refractivity contribution in [3.05, 3.63) is 20.8 Å². The Morgan fingerprint density at radius 3 is 2.85 bits per heavy atom. The van der Waals surface area contributed by atoms with Crippen molar-refractivity contribution >= 4 is 27.3 Å². The number of ether oxygens (including phenoxy) is 1. The van der Waals surface area contributed by atoms with Crippen molar-refractivity contribution in [2.45, 2.75) is 26.0 Å². The summed E-state index contributed by atoms with van der Waals surface area (Å²) in [6, 6.07) is 1.98. The first-order valence-electron chi connectivity index (χ1n) is 4.26. The molecule has 74 valence electrons. The smallest absolute Gasteiger partial charge is 0.0747 e. The summed E-state index contributed by atoms with van der Waals surface area (Å²) < 4.78 is 6.52. The molecule has 1 aromatic heterocycles. The van der Waals surface area contributed by atoms with E-state index in [1.54, 1.807) is 11.3 Å². The molecule has 0 spiro atoms. The molecule has 0 fully saturated rings. The molecule has 2 unspecified atom stereocenters. The second-order valence-electron chi connectivity index (χ2n) is 2.82. The summed E-state index contributed by atoms with van der Waals surface area (Å²) >= 11 is 5.12. The van der Waals surface area contributed by atoms with Gasteiger partial charge in [-0.05, 0) is 41.2 Å². The zero-order valence-electron chi connectivity index (χ0n) is 7.79. The number of thiophene rings is 1. The fourth-order valence-electron chi connectivity index (χ4n) is 1.12. The van der Waals surface area contributed by atoms with Crippen LogP contribution in [0.5, 0.6) is 0 Å². The predicted molar refractivity (Wildman–Crippen MR) is 60.0 cm³/mol. The Kier molecular flexibility index (Phi) is 4.38. The molecule has 0 radical (unpaired) electrons. The third kappa shape index (κ3) is 2.77. The second kappa shape index (κ2) is 5.10. The van der Waals surface area contributed by atoms with E-state index in [9.17, 15) is 0 Å². The number of nitrogens with two attached hydrogens (primary N) is 1. The zero-order valence-corrected chi connectivity index (χ0v) is 10.2. The molecule has 1 rings (SSSR count). The van der Waals surface area contributed by atoms with Crippen LogP contribution in [-0.2, 0) is 4.74 Å². The van der Waals surface area contributed by atoms with Crippen molar-refractivity contribution in [1.82, 2.24) is 0 Å². The van der Waals surface area contributed by atoms with Gasteiger partial charge >= 0.3 is 0 Å². The minimum Gasteiger partial charge on any atom is -0.377 e. The van der Waals surface area contributed by atoms with Crippen LogP contribution in [0.2, 0.25) is 0 Å². The van der Waals surface area contributed by atoms with Crippen LogP contribution in [0.3, 0.4) is 0 Å². The first-order valence-corrected chi connectivity index (χ1v) is 5.94. The highest BCUT2D eigenvalue weighted by Crippen LogP contribution is 2.30. The van der Waals surface area contributed by atoms with E-state index < -0.39 is 0 Å². The molecule has 0 aliphatic heterocycles. The average molecular weight is 264 g/mol. The Morgan fingerprint density at radius 1 is 1.69 bits per heavy atom. The summed E-state index contributed by atoms with van der Waals surface area (Å²) in [4.78, 5) is 1.15. The fraction of sp³-hybridized carbons (Fsp3) is 0.556. The highest BCUT2D eigenvalue weighted by atomic mass is 79.9. The van der Waals surface area contributed by atoms with Gasteiger partial charge in [-0.15, -0.1) is 11.3 Å². The topological polar surface area (TPSA) is 35.2 Å². The molecule has 0 aliphatic carbocycles. The summed E-state index contributed by atoms with van der Waals surface area (Å²) in [5.74, 6) is 0. The van der Waals surface area contributed by atoms with Gasteiger partial charge in [0.25, 0.3) is 0 Å². The molecular weight excluding hydrogens is 250 g/mol. The predicted octanol–water partition coefficient (Wildman–Crippen LogP) is 2.94. The van der Waals surface area contributed by atoms with Crippen LogP contribution in [0.4, 0.5) is 0 Å². The van der Waals surface area contributed by atoms with Crippen molar-refractivity contribution < 1.29 is 4.74 Å². The van der Waals surface area contributed by atoms with Crippen LogP contribution in [0, 0.1) is 0 Å². The molecule has 13 heavy (non-hydrogen) atoms. The molecule has 2 atom stereocenters. The van der Waals surface area contributed by atoms with Crippen molar-refractivity contribution in [3.63, 3.8) is 0 Å². The standard InChI is InChI=1S/C9H14BrNOS/c1-3-12-6(2)8(11)9-7(10)4-5-13-9/h4-6,8H,3,11H2,1-2H3. The lowest BCUT2D eigenvalue weighted by molar-refractivity contribution is 0.0581. The average Bonchev–Trinajstić information content (AvgIpc) is 2.50. The molecule has 4 heteroatoms. The summed E-state index contributed by atoms with van der Waals surface area (Å²) in [6.07, 6.45) is 0.0694. The molecule has 0 aromatic carbocycles. The Labute approximate surface area is 91.2 Å². The van der Waals surface area contributed by atoms with E-state index in [1.807, 2.05) is 25.3 Å². The lowest BCUT2D eigenvalue weighted by Crippen LogP contribution is -2.25. The molecular formula is C9H14BrNOS. The molecule has 2 N–H and O–H groups in total. The van der Waals surface area contributed by atoms with E-state index in [2.05, 4.69) is 15.9 Å². The van der Waals surface area contributed by atoms with E-state index in [1.165, 1.54) is 0 Å². The third-order valence-electron chi connectivity index (χ3n) is 1.88. The monoisotopic (exact) mass is 263 g/mol. The highest BCUT2D eigenvalue weighted by Gasteiger charge is 2.18. The van der Waals surface area contributed by atoms with Gasteiger partial charge in [0.05, 0.1) is 12.1 Å². The van der Waals surface area contributed by atoms with Crippen LogP contribution in [-0.4, -0.2) is 12.7 Å². The first kappa shape index (κ1) is 11.2. The van der Waals surface area contributed by atoms with E-state index in [0.717, 1.165) is 9.35 Å². The van der Waals surface area contributed by atoms with Crippen LogP contribution >= 0.6 is 27.3 Å². The van der Waals surface area contributed by atoms with Crippen LogP contribution in [0.15, 0.2) is 15.9 Å². The third-order valence-corrected chi connectivity index (χ3v) is 3.85. The van der Waals surface area contributed by atoms with Gasteiger partial charge in [0, 0.05) is 16.0 Å². The van der Waals surface area contributed by atoms with E-state index in [0.29, 0.717) is 6.61 Å². The van der Waals surface area contributed by atoms with Gasteiger partial charge in [0.2, 0.25) is 0 Å². The second-order valence-corrected chi connectivity index (χ2v) is 4.62. The molecule has 0 amide bonds. The molecule has 0 saturated carbocycles. The molecule has 0 bridgehead atoms. The lowest BCUT2D eigenvalue weighted by atomic mass is 10.1. The van der Waals surface area contributed by atoms with Gasteiger partial charge in [0.15, 0.2) is 0 Å². The van der Waals surface area contributed by atoms with Gasteiger partial charge < -0.3 is 10.5 Å². The van der Waals surface area contributed by atoms with Gasteiger partial charge in [-0.1, -0.05) is 0 Å². The van der Waals surface area contributed by atoms with Crippen LogP contribution in [0.25, 0.3) is 0 Å². The minimum absolute atomic E-state index is 0.0330. The summed E-state index contributed by atoms with van der Waals surface area (Å²) in [7, 11) is 0. The number of hydrogen-bond acceptors (Lipinski definition) is 3. The lowest BCUT2D eigenvalue weighted by Gasteiger charge is -2.18. The number of hydrogen-bond donors (Lipinski definition) is 1. The zero-order chi connectivity index (χ0) is 9.84. The molecule has 1 aromatic rings. The largest absolute Gasteiger partial charge is 0.377 e. The Balaban J connectivity index is 2.67. The van der Waals surface area contributed by atoms with E-state index in [-0.39, 0.29) is 12.1 Å². The normalized spacial score (nSPS) is 15.7. The summed E-state index contributed by atoms with van der Waals surface area (Å²) in [5.41, 5.74) is 6.03. The Morgan fingerprint density at radius 2 is 2.38 bits per heavy atom. The van der Waals surface area contributed by atoms with Crippen LogP contribution < -0.4 is 5.73 Å². The molecule has 0 saturated heterocycles. The Bertz CT molecular complexity index is 264. The molecule has 1 heterocycles. The van der Waals surface area contributed by atoms with Crippen molar-refractivity contribution in [2.24, 2.45) is 5.73 Å². The SMILES string of the molecule is CCOC(C)C(N)c1sccc1Br. The van der Waals surface area contributed by atoms with Gasteiger partial charge in [-0.25, -0.2) is 0 Å². The summed E-state index contributed by atoms with van der Waals surface area (Å²) in [6.45, 7) is 4.69. The molecule has 0 aliphatic rings. The maximum Gasteiger partial charge on any atom is 0.0747 e. The maximum absolute atomic E-state index is 6.03. The summed E-state index contributed by atoms with van der Waals surface area (Å²) in [5, 5.41) is 2.03. The molecule has 2 nitrogen and oxygen atoms in total. The number of halogens is 1. The van der Waals surface area contributed by atoms with Gasteiger partial charge in [-0.2, -0.15) is 0 Å². The highest BCUT2D eigenvalue weighted by molar-refractivity contribution is 9.10. The fourth-order valence-corrected chi connectivity index (χ4v) is 2.85. The Hall–Kier alpha value is 0.100. The van der Waals surface area contributed by atoms with E-state index in [4.69, 9.17) is 10.5 Å². The van der Waals surface area contributed by atoms with Gasteiger partial charge in [0.1, 0.15) is 0 Å².